The Kier molecular flexibility index (Phi) is 4.32. The van der Waals surface area contributed by atoms with E-state index in [1.54, 1.807) is 0 Å². The average molecular weight is 261 g/mol. The molecule has 1 aromatic heterocycles. The zero-order valence-electron chi connectivity index (χ0n) is 11.6. The molecule has 102 valence electrons. The van der Waals surface area contributed by atoms with Crippen LogP contribution in [-0.2, 0) is 6.54 Å². The lowest BCUT2D eigenvalue weighted by Crippen LogP contribution is -2.24. The van der Waals surface area contributed by atoms with Gasteiger partial charge >= 0.3 is 0 Å². The van der Waals surface area contributed by atoms with Crippen LogP contribution in [0, 0.1) is 5.82 Å². The first-order valence-corrected chi connectivity index (χ1v) is 6.57. The number of halogens is 1. The Balaban J connectivity index is 2.17. The number of hydrogen-bond donors (Lipinski definition) is 1. The van der Waals surface area contributed by atoms with Gasteiger partial charge in [-0.2, -0.15) is 0 Å². The van der Waals surface area contributed by atoms with E-state index in [9.17, 15) is 4.39 Å². The third-order valence-electron chi connectivity index (χ3n) is 3.21. The van der Waals surface area contributed by atoms with Crippen molar-refractivity contribution < 1.29 is 4.39 Å². The molecule has 0 radical (unpaired) electrons. The molecule has 1 atom stereocenters. The second-order valence-electron chi connectivity index (χ2n) is 5.06. The van der Waals surface area contributed by atoms with Crippen LogP contribution in [0.4, 0.5) is 4.39 Å². The van der Waals surface area contributed by atoms with Crippen molar-refractivity contribution in [3.8, 4) is 0 Å². The van der Waals surface area contributed by atoms with Gasteiger partial charge in [-0.1, -0.05) is 26.0 Å². The summed E-state index contributed by atoms with van der Waals surface area (Å²) in [6.07, 6.45) is 3.70. The molecular weight excluding hydrogens is 241 g/mol. The highest BCUT2D eigenvalue weighted by atomic mass is 19.1. The van der Waals surface area contributed by atoms with E-state index in [4.69, 9.17) is 0 Å². The lowest BCUT2D eigenvalue weighted by atomic mass is 10.1. The smallest absolute Gasteiger partial charge is 0.123 e. The van der Waals surface area contributed by atoms with E-state index in [1.807, 2.05) is 24.7 Å². The monoisotopic (exact) mass is 261 g/mol. The van der Waals surface area contributed by atoms with Crippen LogP contribution in [0.15, 0.2) is 36.8 Å². The van der Waals surface area contributed by atoms with Gasteiger partial charge in [-0.3, -0.25) is 0 Å². The molecule has 19 heavy (non-hydrogen) atoms. The minimum atomic E-state index is -0.205. The predicted molar refractivity (Wildman–Crippen MR) is 74.4 cm³/mol. The van der Waals surface area contributed by atoms with Crippen LogP contribution in [0.25, 0.3) is 0 Å². The van der Waals surface area contributed by atoms with Crippen LogP contribution in [0.3, 0.4) is 0 Å². The summed E-state index contributed by atoms with van der Waals surface area (Å²) in [5.74, 6) is -0.205. The number of rotatable bonds is 5. The second kappa shape index (κ2) is 5.97. The predicted octanol–water partition coefficient (Wildman–Crippen LogP) is 3.13. The zero-order valence-corrected chi connectivity index (χ0v) is 11.6. The normalized spacial score (nSPS) is 12.9. The minimum absolute atomic E-state index is 0.145. The molecule has 1 N–H and O–H groups in total. The first-order chi connectivity index (χ1) is 9.08. The maximum atomic E-state index is 13.0. The summed E-state index contributed by atoms with van der Waals surface area (Å²) in [5.41, 5.74) is 2.20. The largest absolute Gasteiger partial charge is 0.326 e. The maximum Gasteiger partial charge on any atom is 0.123 e. The molecule has 0 saturated carbocycles. The molecule has 0 aliphatic carbocycles. The topological polar surface area (TPSA) is 29.9 Å². The lowest BCUT2D eigenvalue weighted by Gasteiger charge is -2.18. The van der Waals surface area contributed by atoms with E-state index in [-0.39, 0.29) is 11.9 Å². The van der Waals surface area contributed by atoms with Gasteiger partial charge in [-0.05, 0) is 24.6 Å². The third-order valence-corrected chi connectivity index (χ3v) is 3.21. The van der Waals surface area contributed by atoms with Crippen molar-refractivity contribution in [3.63, 3.8) is 0 Å². The van der Waals surface area contributed by atoms with E-state index in [0.717, 1.165) is 17.8 Å². The molecule has 0 amide bonds. The molecule has 3 nitrogen and oxygen atoms in total. The third kappa shape index (κ3) is 3.41. The SMILES string of the molecule is CC(C)NCc1cncn1C(C)c1ccc(F)cc1. The summed E-state index contributed by atoms with van der Waals surface area (Å²) in [5, 5.41) is 3.38. The number of aromatic nitrogens is 2. The number of hydrogen-bond acceptors (Lipinski definition) is 2. The van der Waals surface area contributed by atoms with Crippen LogP contribution >= 0.6 is 0 Å². The summed E-state index contributed by atoms with van der Waals surface area (Å²) in [6, 6.07) is 7.21. The Hall–Kier alpha value is -1.68. The Bertz CT molecular complexity index is 516. The second-order valence-corrected chi connectivity index (χ2v) is 5.06. The van der Waals surface area contributed by atoms with Crippen LogP contribution in [0.1, 0.15) is 38.1 Å². The van der Waals surface area contributed by atoms with E-state index in [1.165, 1.54) is 12.1 Å². The van der Waals surface area contributed by atoms with Crippen LogP contribution in [0.5, 0.6) is 0 Å². The highest BCUT2D eigenvalue weighted by Gasteiger charge is 2.11. The van der Waals surface area contributed by atoms with Gasteiger partial charge in [0.2, 0.25) is 0 Å². The summed E-state index contributed by atoms with van der Waals surface area (Å²) in [4.78, 5) is 4.21. The standard InChI is InChI=1S/C15H20FN3/c1-11(2)18-9-15-8-17-10-19(15)12(3)13-4-6-14(16)7-5-13/h4-8,10-12,18H,9H2,1-3H3. The average Bonchev–Trinajstić information content (AvgIpc) is 2.84. The van der Waals surface area contributed by atoms with Gasteiger partial charge in [-0.25, -0.2) is 9.37 Å². The lowest BCUT2D eigenvalue weighted by molar-refractivity contribution is 0.538. The quantitative estimate of drug-likeness (QED) is 0.896. The number of nitrogens with one attached hydrogen (secondary N) is 1. The van der Waals surface area contributed by atoms with Gasteiger partial charge in [0.05, 0.1) is 18.1 Å². The van der Waals surface area contributed by atoms with Crippen molar-refractivity contribution in [2.24, 2.45) is 0 Å². The fourth-order valence-electron chi connectivity index (χ4n) is 2.03. The van der Waals surface area contributed by atoms with Gasteiger partial charge in [0, 0.05) is 18.8 Å². The Morgan fingerprint density at radius 2 is 1.89 bits per heavy atom. The molecule has 0 aliphatic rings. The van der Waals surface area contributed by atoms with Gasteiger partial charge in [0.1, 0.15) is 5.82 Å². The summed E-state index contributed by atoms with van der Waals surface area (Å²) < 4.78 is 15.1. The van der Waals surface area contributed by atoms with E-state index in [0.29, 0.717) is 6.04 Å². The molecule has 1 aromatic carbocycles. The number of benzene rings is 1. The van der Waals surface area contributed by atoms with E-state index >= 15 is 0 Å². The van der Waals surface area contributed by atoms with Gasteiger partial charge in [0.15, 0.2) is 0 Å². The number of nitrogens with zero attached hydrogens (tertiary/aromatic N) is 2. The zero-order chi connectivity index (χ0) is 13.8. The van der Waals surface area contributed by atoms with Gasteiger partial charge in [-0.15, -0.1) is 0 Å². The molecular formula is C15H20FN3. The van der Waals surface area contributed by atoms with Gasteiger partial charge in [0.25, 0.3) is 0 Å². The highest BCUT2D eigenvalue weighted by molar-refractivity contribution is 5.21. The molecule has 4 heteroatoms. The fraction of sp³-hybridized carbons (Fsp3) is 0.400. The molecule has 0 aliphatic heterocycles. The molecule has 2 rings (SSSR count). The Morgan fingerprint density at radius 3 is 2.53 bits per heavy atom. The molecule has 0 spiro atoms. The summed E-state index contributed by atoms with van der Waals surface area (Å²) >= 11 is 0. The minimum Gasteiger partial charge on any atom is -0.326 e. The van der Waals surface area contributed by atoms with Crippen molar-refractivity contribution in [1.29, 1.82) is 0 Å². The van der Waals surface area contributed by atoms with Crippen molar-refractivity contribution in [2.45, 2.75) is 39.4 Å². The summed E-state index contributed by atoms with van der Waals surface area (Å²) in [7, 11) is 0. The molecule has 0 fully saturated rings. The molecule has 0 bridgehead atoms. The van der Waals surface area contributed by atoms with Crippen molar-refractivity contribution in [1.82, 2.24) is 14.9 Å². The van der Waals surface area contributed by atoms with Crippen LogP contribution in [0.2, 0.25) is 0 Å². The molecule has 2 aromatic rings. The fourth-order valence-corrected chi connectivity index (χ4v) is 2.03. The van der Waals surface area contributed by atoms with E-state index < -0.39 is 0 Å². The Labute approximate surface area is 113 Å². The highest BCUT2D eigenvalue weighted by Crippen LogP contribution is 2.20. The van der Waals surface area contributed by atoms with Crippen molar-refractivity contribution >= 4 is 0 Å². The first-order valence-electron chi connectivity index (χ1n) is 6.57. The number of imidazole rings is 1. The first kappa shape index (κ1) is 13.7. The van der Waals surface area contributed by atoms with Gasteiger partial charge < -0.3 is 9.88 Å². The molecule has 1 unspecified atom stereocenters. The van der Waals surface area contributed by atoms with Crippen LogP contribution in [-0.4, -0.2) is 15.6 Å². The molecule has 0 saturated heterocycles. The maximum absolute atomic E-state index is 13.0. The molecule has 1 heterocycles. The van der Waals surface area contributed by atoms with Crippen molar-refractivity contribution in [2.75, 3.05) is 0 Å². The van der Waals surface area contributed by atoms with Crippen molar-refractivity contribution in [3.05, 3.63) is 53.9 Å². The Morgan fingerprint density at radius 1 is 1.21 bits per heavy atom. The summed E-state index contributed by atoms with van der Waals surface area (Å²) in [6.45, 7) is 7.10. The van der Waals surface area contributed by atoms with Crippen LogP contribution < -0.4 is 5.32 Å². The van der Waals surface area contributed by atoms with E-state index in [2.05, 4.69) is 35.6 Å².